The predicted molar refractivity (Wildman–Crippen MR) is 48.0 cm³/mol. The van der Waals surface area contributed by atoms with E-state index in [-0.39, 0.29) is 6.61 Å². The third kappa shape index (κ3) is 2.08. The fourth-order valence-electron chi connectivity index (χ4n) is 1.24. The van der Waals surface area contributed by atoms with Crippen LogP contribution in [0.4, 0.5) is 0 Å². The molecule has 1 aromatic heterocycles. The Morgan fingerprint density at radius 1 is 1.64 bits per heavy atom. The number of carboxylic acid groups (broad SMARTS) is 1. The Hall–Kier alpha value is -1.43. The average molecular weight is 199 g/mol. The number of hydrogen-bond acceptors (Lipinski definition) is 4. The number of carbonyl (C=O) groups is 1. The number of carboxylic acids is 1. The summed E-state index contributed by atoms with van der Waals surface area (Å²) in [5, 5.41) is 12.9. The minimum atomic E-state index is -0.972. The Balaban J connectivity index is 2.98. The van der Waals surface area contributed by atoms with Gasteiger partial charge in [-0.15, -0.1) is 0 Å². The molecule has 1 atom stereocenters. The molecule has 0 fully saturated rings. The minimum absolute atomic E-state index is 0.0823. The molecular weight excluding hydrogens is 186 g/mol. The van der Waals surface area contributed by atoms with E-state index >= 15 is 0 Å². The molecule has 6 nitrogen and oxygen atoms in total. The molecule has 0 saturated heterocycles. The Morgan fingerprint density at radius 3 is 2.64 bits per heavy atom. The predicted octanol–water partition coefficient (Wildman–Crippen LogP) is 0.167. The highest BCUT2D eigenvalue weighted by atomic mass is 16.5. The van der Waals surface area contributed by atoms with Crippen LogP contribution >= 0.6 is 0 Å². The summed E-state index contributed by atoms with van der Waals surface area (Å²) in [6.07, 6.45) is 0. The van der Waals surface area contributed by atoms with Crippen LogP contribution in [-0.4, -0.2) is 39.6 Å². The first-order valence-corrected chi connectivity index (χ1v) is 4.17. The Morgan fingerprint density at radius 2 is 2.29 bits per heavy atom. The van der Waals surface area contributed by atoms with E-state index in [0.29, 0.717) is 11.6 Å². The maximum Gasteiger partial charge on any atom is 0.331 e. The lowest BCUT2D eigenvalue weighted by Gasteiger charge is -2.12. The fraction of sp³-hybridized carbons (Fsp3) is 0.625. The van der Waals surface area contributed by atoms with Gasteiger partial charge in [-0.25, -0.2) is 14.5 Å². The number of aromatic nitrogens is 3. The van der Waals surface area contributed by atoms with Crippen molar-refractivity contribution in [1.29, 1.82) is 0 Å². The summed E-state index contributed by atoms with van der Waals surface area (Å²) in [4.78, 5) is 14.9. The molecule has 1 unspecified atom stereocenters. The van der Waals surface area contributed by atoms with Gasteiger partial charge in [0.1, 0.15) is 11.6 Å². The minimum Gasteiger partial charge on any atom is -0.480 e. The van der Waals surface area contributed by atoms with E-state index < -0.39 is 12.0 Å². The van der Waals surface area contributed by atoms with Crippen LogP contribution in [0.1, 0.15) is 17.7 Å². The second-order valence-electron chi connectivity index (χ2n) is 2.96. The molecule has 0 radical (unpaired) electrons. The molecule has 0 saturated carbocycles. The van der Waals surface area contributed by atoms with Gasteiger partial charge in [-0.2, -0.15) is 5.10 Å². The van der Waals surface area contributed by atoms with E-state index in [4.69, 9.17) is 9.84 Å². The molecule has 0 aliphatic heterocycles. The molecule has 78 valence electrons. The maximum atomic E-state index is 10.9. The van der Waals surface area contributed by atoms with Crippen molar-refractivity contribution in [3.63, 3.8) is 0 Å². The van der Waals surface area contributed by atoms with E-state index in [1.165, 1.54) is 11.8 Å². The molecule has 0 spiro atoms. The van der Waals surface area contributed by atoms with E-state index in [0.717, 1.165) is 0 Å². The summed E-state index contributed by atoms with van der Waals surface area (Å²) >= 11 is 0. The normalized spacial score (nSPS) is 12.8. The maximum absolute atomic E-state index is 10.9. The molecule has 0 aliphatic carbocycles. The Kier molecular flexibility index (Phi) is 3.19. The summed E-state index contributed by atoms with van der Waals surface area (Å²) in [6.45, 7) is 3.51. The molecule has 14 heavy (non-hydrogen) atoms. The van der Waals surface area contributed by atoms with Gasteiger partial charge < -0.3 is 9.84 Å². The summed E-state index contributed by atoms with van der Waals surface area (Å²) in [5.41, 5.74) is 0. The molecular formula is C8H13N3O3. The third-order valence-electron chi connectivity index (χ3n) is 1.81. The van der Waals surface area contributed by atoms with Crippen molar-refractivity contribution in [2.45, 2.75) is 19.9 Å². The number of hydrogen-bond donors (Lipinski definition) is 1. The lowest BCUT2D eigenvalue weighted by Crippen LogP contribution is -2.25. The quantitative estimate of drug-likeness (QED) is 0.747. The SMILES string of the molecule is COCC(C(=O)O)n1nc(C)nc1C. The van der Waals surface area contributed by atoms with Crippen LogP contribution in [0.3, 0.4) is 0 Å². The zero-order valence-corrected chi connectivity index (χ0v) is 8.39. The smallest absolute Gasteiger partial charge is 0.331 e. The van der Waals surface area contributed by atoms with Crippen molar-refractivity contribution in [1.82, 2.24) is 14.8 Å². The molecule has 0 aliphatic rings. The topological polar surface area (TPSA) is 77.2 Å². The van der Waals surface area contributed by atoms with Crippen molar-refractivity contribution in [2.75, 3.05) is 13.7 Å². The van der Waals surface area contributed by atoms with E-state index in [2.05, 4.69) is 10.1 Å². The summed E-state index contributed by atoms with van der Waals surface area (Å²) in [7, 11) is 1.45. The Bertz CT molecular complexity index is 335. The number of methoxy groups -OCH3 is 1. The van der Waals surface area contributed by atoms with Gasteiger partial charge in [0, 0.05) is 7.11 Å². The number of aliphatic carboxylic acids is 1. The number of aryl methyl sites for hydroxylation is 2. The van der Waals surface area contributed by atoms with Crippen molar-refractivity contribution >= 4 is 5.97 Å². The van der Waals surface area contributed by atoms with Crippen molar-refractivity contribution in [3.8, 4) is 0 Å². The molecule has 1 N–H and O–H groups in total. The first-order chi connectivity index (χ1) is 6.56. The van der Waals surface area contributed by atoms with Crippen LogP contribution in [0.2, 0.25) is 0 Å². The van der Waals surface area contributed by atoms with Crippen LogP contribution in [0, 0.1) is 13.8 Å². The van der Waals surface area contributed by atoms with Gasteiger partial charge in [-0.3, -0.25) is 0 Å². The monoisotopic (exact) mass is 199 g/mol. The Labute approximate surface area is 81.5 Å². The molecule has 1 rings (SSSR count). The van der Waals surface area contributed by atoms with Crippen molar-refractivity contribution in [3.05, 3.63) is 11.6 Å². The van der Waals surface area contributed by atoms with Crippen molar-refractivity contribution < 1.29 is 14.6 Å². The van der Waals surface area contributed by atoms with Gasteiger partial charge in [-0.1, -0.05) is 0 Å². The molecule has 0 amide bonds. The number of nitrogens with zero attached hydrogens (tertiary/aromatic N) is 3. The van der Waals surface area contributed by atoms with Gasteiger partial charge in [0.05, 0.1) is 6.61 Å². The van der Waals surface area contributed by atoms with Crippen molar-refractivity contribution in [2.24, 2.45) is 0 Å². The van der Waals surface area contributed by atoms with Crippen LogP contribution in [0.25, 0.3) is 0 Å². The highest BCUT2D eigenvalue weighted by molar-refractivity contribution is 5.71. The first-order valence-electron chi connectivity index (χ1n) is 4.17. The van der Waals surface area contributed by atoms with Gasteiger partial charge >= 0.3 is 5.97 Å². The summed E-state index contributed by atoms with van der Waals surface area (Å²) in [6, 6.07) is -0.804. The molecule has 0 aromatic carbocycles. The highest BCUT2D eigenvalue weighted by Crippen LogP contribution is 2.09. The van der Waals surface area contributed by atoms with E-state index in [1.807, 2.05) is 0 Å². The van der Waals surface area contributed by atoms with Gasteiger partial charge in [0.25, 0.3) is 0 Å². The van der Waals surface area contributed by atoms with Gasteiger partial charge in [0.2, 0.25) is 0 Å². The van der Waals surface area contributed by atoms with Crippen LogP contribution < -0.4 is 0 Å². The molecule has 6 heteroatoms. The zero-order valence-electron chi connectivity index (χ0n) is 8.39. The van der Waals surface area contributed by atoms with Crippen LogP contribution in [0.5, 0.6) is 0 Å². The van der Waals surface area contributed by atoms with E-state index in [9.17, 15) is 4.79 Å². The van der Waals surface area contributed by atoms with Gasteiger partial charge in [-0.05, 0) is 13.8 Å². The average Bonchev–Trinajstić information content (AvgIpc) is 2.40. The summed E-state index contributed by atoms with van der Waals surface area (Å²) < 4.78 is 6.18. The standard InChI is InChI=1S/C8H13N3O3/c1-5-9-6(2)11(10-5)7(4-14-3)8(12)13/h7H,4H2,1-3H3,(H,12,13). The second kappa shape index (κ2) is 4.19. The van der Waals surface area contributed by atoms with Crippen LogP contribution in [0.15, 0.2) is 0 Å². The highest BCUT2D eigenvalue weighted by Gasteiger charge is 2.22. The zero-order chi connectivity index (χ0) is 10.7. The molecule has 1 aromatic rings. The van der Waals surface area contributed by atoms with Crippen LogP contribution in [-0.2, 0) is 9.53 Å². The second-order valence-corrected chi connectivity index (χ2v) is 2.96. The number of rotatable bonds is 4. The number of ether oxygens (including phenoxy) is 1. The lowest BCUT2D eigenvalue weighted by atomic mass is 10.3. The van der Waals surface area contributed by atoms with Gasteiger partial charge in [0.15, 0.2) is 6.04 Å². The largest absolute Gasteiger partial charge is 0.480 e. The molecule has 1 heterocycles. The lowest BCUT2D eigenvalue weighted by molar-refractivity contribution is -0.143. The molecule has 0 bridgehead atoms. The fourth-order valence-corrected chi connectivity index (χ4v) is 1.24. The third-order valence-corrected chi connectivity index (χ3v) is 1.81. The summed E-state index contributed by atoms with van der Waals surface area (Å²) in [5.74, 6) is 0.164. The van der Waals surface area contributed by atoms with E-state index in [1.54, 1.807) is 13.8 Å². The first kappa shape index (κ1) is 10.6.